The number of nitrogens with zero attached hydrogens (tertiary/aromatic N) is 2. The second kappa shape index (κ2) is 5.82. The van der Waals surface area contributed by atoms with E-state index in [4.69, 9.17) is 9.73 Å². The van der Waals surface area contributed by atoms with Gasteiger partial charge in [-0.25, -0.2) is 4.99 Å². The van der Waals surface area contributed by atoms with Gasteiger partial charge >= 0.3 is 0 Å². The molecule has 0 bridgehead atoms. The van der Waals surface area contributed by atoms with Gasteiger partial charge in [0.25, 0.3) is 11.8 Å². The number of benzene rings is 1. The fourth-order valence-electron chi connectivity index (χ4n) is 2.96. The summed E-state index contributed by atoms with van der Waals surface area (Å²) < 4.78 is 6.37. The summed E-state index contributed by atoms with van der Waals surface area (Å²) in [7, 11) is 0. The number of amides is 2. The molecule has 2 aliphatic heterocycles. The Balaban J connectivity index is 2.01. The molecule has 0 radical (unpaired) electrons. The van der Waals surface area contributed by atoms with Crippen molar-refractivity contribution in [2.75, 3.05) is 11.0 Å². The van der Waals surface area contributed by atoms with Crippen LogP contribution in [0, 0.1) is 5.41 Å². The Morgan fingerprint density at radius 1 is 1.17 bits per heavy atom. The highest BCUT2D eigenvalue weighted by atomic mass is 127. The van der Waals surface area contributed by atoms with Crippen LogP contribution < -0.4 is 0 Å². The number of fused-ring (bicyclic) bond motifs is 1. The molecule has 6 heteroatoms. The number of halogens is 1. The molecule has 0 fully saturated rings. The van der Waals surface area contributed by atoms with Gasteiger partial charge in [0, 0.05) is 4.43 Å². The number of ether oxygens (including phenoxy) is 1. The lowest BCUT2D eigenvalue weighted by atomic mass is 9.88. The smallest absolute Gasteiger partial charge is 0.262 e. The van der Waals surface area contributed by atoms with Crippen molar-refractivity contribution in [3.8, 4) is 0 Å². The first-order valence-corrected chi connectivity index (χ1v) is 9.47. The molecule has 3 rings (SSSR count). The fraction of sp³-hybridized carbons (Fsp3) is 0.500. The van der Waals surface area contributed by atoms with E-state index in [1.54, 1.807) is 24.3 Å². The molecule has 0 aromatic heterocycles. The fourth-order valence-corrected chi connectivity index (χ4v) is 3.63. The van der Waals surface area contributed by atoms with Crippen molar-refractivity contribution < 1.29 is 14.3 Å². The minimum Gasteiger partial charge on any atom is -0.477 e. The Labute approximate surface area is 155 Å². The van der Waals surface area contributed by atoms with E-state index in [-0.39, 0.29) is 23.3 Å². The number of carbonyl (C=O) groups is 2. The number of carbonyl (C=O) groups excluding carboxylic acids is 2. The Morgan fingerprint density at radius 2 is 1.71 bits per heavy atom. The molecular weight excluding hydrogens is 419 g/mol. The maximum Gasteiger partial charge on any atom is 0.262 e. The second-order valence-electron chi connectivity index (χ2n) is 7.53. The van der Waals surface area contributed by atoms with E-state index in [2.05, 4.69) is 43.4 Å². The van der Waals surface area contributed by atoms with Gasteiger partial charge < -0.3 is 4.74 Å². The second-order valence-corrected chi connectivity index (χ2v) is 8.29. The van der Waals surface area contributed by atoms with Crippen LogP contribution in [0.3, 0.4) is 0 Å². The van der Waals surface area contributed by atoms with Gasteiger partial charge in [-0.1, -0.05) is 55.5 Å². The van der Waals surface area contributed by atoms with Gasteiger partial charge in [0.15, 0.2) is 0 Å². The van der Waals surface area contributed by atoms with Crippen LogP contribution in [-0.2, 0) is 4.74 Å². The first-order chi connectivity index (χ1) is 11.2. The van der Waals surface area contributed by atoms with Crippen LogP contribution in [0.5, 0.6) is 0 Å². The van der Waals surface area contributed by atoms with E-state index in [0.717, 1.165) is 0 Å². The van der Waals surface area contributed by atoms with Crippen LogP contribution >= 0.6 is 22.6 Å². The molecule has 0 spiro atoms. The summed E-state index contributed by atoms with van der Waals surface area (Å²) in [6.45, 7) is 8.66. The Hall–Kier alpha value is -1.44. The van der Waals surface area contributed by atoms with E-state index < -0.39 is 5.54 Å². The van der Waals surface area contributed by atoms with Gasteiger partial charge in [0.1, 0.15) is 12.1 Å². The first kappa shape index (κ1) is 17.4. The summed E-state index contributed by atoms with van der Waals surface area (Å²) >= 11 is 2.19. The predicted octanol–water partition coefficient (Wildman–Crippen LogP) is 3.32. The van der Waals surface area contributed by atoms with E-state index in [0.29, 0.717) is 28.1 Å². The average Bonchev–Trinajstić information content (AvgIpc) is 3.13. The molecule has 1 aromatic rings. The molecular formula is C18H21IN2O3. The maximum absolute atomic E-state index is 12.8. The quantitative estimate of drug-likeness (QED) is 0.412. The lowest BCUT2D eigenvalue weighted by Gasteiger charge is -2.34. The van der Waals surface area contributed by atoms with Crippen molar-refractivity contribution in [2.45, 2.75) is 39.3 Å². The zero-order chi connectivity index (χ0) is 17.7. The highest BCUT2D eigenvalue weighted by Crippen LogP contribution is 2.35. The average molecular weight is 440 g/mol. The van der Waals surface area contributed by atoms with Crippen LogP contribution in [0.2, 0.25) is 0 Å². The van der Waals surface area contributed by atoms with E-state index in [9.17, 15) is 9.59 Å². The van der Waals surface area contributed by atoms with Crippen molar-refractivity contribution in [2.24, 2.45) is 10.4 Å². The molecule has 2 heterocycles. The molecule has 5 nitrogen and oxygen atoms in total. The minimum absolute atomic E-state index is 0.0185. The Kier molecular flexibility index (Phi) is 4.22. The molecule has 2 atom stereocenters. The van der Waals surface area contributed by atoms with Crippen LogP contribution in [0.4, 0.5) is 0 Å². The summed E-state index contributed by atoms with van der Waals surface area (Å²) in [6.07, 6.45) is 0. The van der Waals surface area contributed by atoms with Gasteiger partial charge in [-0.15, -0.1) is 0 Å². The molecule has 24 heavy (non-hydrogen) atoms. The third kappa shape index (κ3) is 2.55. The zero-order valence-corrected chi connectivity index (χ0v) is 16.5. The molecule has 0 saturated carbocycles. The molecule has 0 saturated heterocycles. The SMILES string of the molecule is CC(C)(C)[C@H]1COC(C(C)(CI)N2C(=O)c3ccccc3C2=O)=N1. The lowest BCUT2D eigenvalue weighted by Crippen LogP contribution is -2.56. The van der Waals surface area contributed by atoms with Gasteiger partial charge in [-0.3, -0.25) is 14.5 Å². The third-order valence-corrected chi connectivity index (χ3v) is 6.14. The summed E-state index contributed by atoms with van der Waals surface area (Å²) in [6, 6.07) is 6.95. The van der Waals surface area contributed by atoms with Crippen molar-refractivity contribution >= 4 is 40.3 Å². The lowest BCUT2D eigenvalue weighted by molar-refractivity contribution is 0.0543. The molecule has 2 aliphatic rings. The molecule has 2 amide bonds. The Morgan fingerprint density at radius 3 is 2.12 bits per heavy atom. The Bertz CT molecular complexity index is 703. The predicted molar refractivity (Wildman–Crippen MR) is 101 cm³/mol. The maximum atomic E-state index is 12.8. The standard InChI is InChI=1S/C18H21IN2O3/c1-17(2,3)13-9-24-16(20-13)18(4,10-19)21-14(22)11-7-5-6-8-12(11)15(21)23/h5-8,13H,9-10H2,1-4H3/t13-,18?/m1/s1. The van der Waals surface area contributed by atoms with Crippen molar-refractivity contribution in [1.82, 2.24) is 4.90 Å². The minimum atomic E-state index is -0.881. The molecule has 0 N–H and O–H groups in total. The summed E-state index contributed by atoms with van der Waals surface area (Å²) in [4.78, 5) is 31.7. The van der Waals surface area contributed by atoms with E-state index in [1.165, 1.54) is 4.90 Å². The van der Waals surface area contributed by atoms with Crippen LogP contribution in [0.15, 0.2) is 29.3 Å². The van der Waals surface area contributed by atoms with Gasteiger partial charge in [-0.2, -0.15) is 0 Å². The van der Waals surface area contributed by atoms with Crippen LogP contribution in [0.25, 0.3) is 0 Å². The molecule has 1 aromatic carbocycles. The number of rotatable bonds is 3. The largest absolute Gasteiger partial charge is 0.477 e. The number of alkyl halides is 1. The van der Waals surface area contributed by atoms with Gasteiger partial charge in [-0.05, 0) is 24.5 Å². The van der Waals surface area contributed by atoms with Crippen LogP contribution in [-0.4, -0.2) is 45.2 Å². The van der Waals surface area contributed by atoms with E-state index >= 15 is 0 Å². The normalized spacial score (nSPS) is 23.0. The summed E-state index contributed by atoms with van der Waals surface area (Å²) in [5.41, 5.74) is -0.0157. The number of imide groups is 1. The highest BCUT2D eigenvalue weighted by Gasteiger charge is 2.51. The van der Waals surface area contributed by atoms with Gasteiger partial charge in [0.2, 0.25) is 5.90 Å². The van der Waals surface area contributed by atoms with Crippen molar-refractivity contribution in [3.05, 3.63) is 35.4 Å². The molecule has 1 unspecified atom stereocenters. The summed E-state index contributed by atoms with van der Waals surface area (Å²) in [5.74, 6) is -0.0770. The first-order valence-electron chi connectivity index (χ1n) is 7.95. The van der Waals surface area contributed by atoms with Crippen molar-refractivity contribution in [3.63, 3.8) is 0 Å². The zero-order valence-electron chi connectivity index (χ0n) is 14.3. The van der Waals surface area contributed by atoms with Crippen molar-refractivity contribution in [1.29, 1.82) is 0 Å². The summed E-state index contributed by atoms with van der Waals surface area (Å²) in [5, 5.41) is 0. The van der Waals surface area contributed by atoms with E-state index in [1.807, 2.05) is 6.92 Å². The number of hydrogen-bond donors (Lipinski definition) is 0. The highest BCUT2D eigenvalue weighted by molar-refractivity contribution is 14.1. The third-order valence-electron chi connectivity index (χ3n) is 4.66. The molecule has 128 valence electrons. The van der Waals surface area contributed by atoms with Crippen LogP contribution in [0.1, 0.15) is 48.4 Å². The molecule has 0 aliphatic carbocycles. The topological polar surface area (TPSA) is 59.0 Å². The number of hydrogen-bond acceptors (Lipinski definition) is 4. The monoisotopic (exact) mass is 440 g/mol. The number of aliphatic imine (C=N–C) groups is 1. The van der Waals surface area contributed by atoms with Gasteiger partial charge in [0.05, 0.1) is 17.2 Å².